The number of aliphatic hydroxyl groups excluding tert-OH is 1. The third-order valence-corrected chi connectivity index (χ3v) is 2.54. The van der Waals surface area contributed by atoms with Crippen LogP contribution in [0, 0.1) is 0 Å². The van der Waals surface area contributed by atoms with E-state index in [0.29, 0.717) is 26.3 Å². The molecule has 1 amide bonds. The van der Waals surface area contributed by atoms with Gasteiger partial charge in [0.15, 0.2) is 0 Å². The van der Waals surface area contributed by atoms with Crippen molar-refractivity contribution in [3.8, 4) is 0 Å². The molecule has 0 radical (unpaired) electrons. The highest BCUT2D eigenvalue weighted by molar-refractivity contribution is 5.91. The highest BCUT2D eigenvalue weighted by Gasteiger charge is 2.26. The van der Waals surface area contributed by atoms with Crippen LogP contribution in [0.25, 0.3) is 0 Å². The predicted octanol–water partition coefficient (Wildman–Crippen LogP) is -0.142. The van der Waals surface area contributed by atoms with Crippen LogP contribution in [-0.4, -0.2) is 48.3 Å². The molecule has 1 N–H and O–H groups in total. The minimum atomic E-state index is -0.409. The van der Waals surface area contributed by atoms with Gasteiger partial charge in [0.05, 0.1) is 6.10 Å². The van der Waals surface area contributed by atoms with E-state index in [4.69, 9.17) is 9.47 Å². The van der Waals surface area contributed by atoms with Crippen molar-refractivity contribution in [2.24, 2.45) is 0 Å². The SMILES string of the molecule is O=C(C1=COCCO1)N1CCCC(O)C1. The molecular formula is C10H15NO4. The van der Waals surface area contributed by atoms with Crippen LogP contribution < -0.4 is 0 Å². The summed E-state index contributed by atoms with van der Waals surface area (Å²) in [6.07, 6.45) is 2.54. The summed E-state index contributed by atoms with van der Waals surface area (Å²) in [5.74, 6) is 0.0591. The first kappa shape index (κ1) is 10.3. The van der Waals surface area contributed by atoms with Crippen LogP contribution in [0.2, 0.25) is 0 Å². The summed E-state index contributed by atoms with van der Waals surface area (Å²) in [6, 6.07) is 0. The Bertz CT molecular complexity index is 277. The molecule has 1 atom stereocenters. The molecule has 0 aromatic rings. The zero-order chi connectivity index (χ0) is 10.7. The number of nitrogens with zero attached hydrogens (tertiary/aromatic N) is 1. The maximum absolute atomic E-state index is 11.8. The molecule has 1 unspecified atom stereocenters. The van der Waals surface area contributed by atoms with Crippen molar-refractivity contribution in [1.82, 2.24) is 4.90 Å². The maximum atomic E-state index is 11.8. The second kappa shape index (κ2) is 4.53. The molecule has 1 saturated heterocycles. The van der Waals surface area contributed by atoms with Gasteiger partial charge in [0.2, 0.25) is 5.76 Å². The van der Waals surface area contributed by atoms with Gasteiger partial charge in [-0.15, -0.1) is 0 Å². The number of β-amino-alcohol motifs (C(OH)–C–C–N with tert-alkyl or cyclic N) is 1. The van der Waals surface area contributed by atoms with Crippen LogP contribution in [-0.2, 0) is 14.3 Å². The number of hydrogen-bond donors (Lipinski definition) is 1. The Morgan fingerprint density at radius 3 is 3.07 bits per heavy atom. The molecule has 5 nitrogen and oxygen atoms in total. The van der Waals surface area contributed by atoms with Crippen LogP contribution >= 0.6 is 0 Å². The molecule has 0 aliphatic carbocycles. The molecule has 2 rings (SSSR count). The summed E-state index contributed by atoms with van der Waals surface area (Å²) in [4.78, 5) is 13.4. The lowest BCUT2D eigenvalue weighted by Gasteiger charge is -2.30. The average molecular weight is 213 g/mol. The molecule has 0 saturated carbocycles. The normalized spacial score (nSPS) is 26.3. The number of carbonyl (C=O) groups is 1. The van der Waals surface area contributed by atoms with E-state index >= 15 is 0 Å². The fourth-order valence-corrected chi connectivity index (χ4v) is 1.78. The first-order chi connectivity index (χ1) is 7.27. The Labute approximate surface area is 88.3 Å². The van der Waals surface area contributed by atoms with E-state index in [1.54, 1.807) is 4.90 Å². The van der Waals surface area contributed by atoms with Gasteiger partial charge in [-0.25, -0.2) is 0 Å². The van der Waals surface area contributed by atoms with Gasteiger partial charge in [0, 0.05) is 13.1 Å². The van der Waals surface area contributed by atoms with E-state index in [-0.39, 0.29) is 11.7 Å². The van der Waals surface area contributed by atoms with Gasteiger partial charge in [-0.2, -0.15) is 0 Å². The Hall–Kier alpha value is -1.23. The van der Waals surface area contributed by atoms with E-state index in [0.717, 1.165) is 12.8 Å². The predicted molar refractivity (Wildman–Crippen MR) is 51.8 cm³/mol. The van der Waals surface area contributed by atoms with Crippen molar-refractivity contribution in [2.75, 3.05) is 26.3 Å². The van der Waals surface area contributed by atoms with Crippen LogP contribution in [0.4, 0.5) is 0 Å². The third-order valence-electron chi connectivity index (χ3n) is 2.54. The Kier molecular flexibility index (Phi) is 3.11. The summed E-state index contributed by atoms with van der Waals surface area (Å²) < 4.78 is 10.2. The van der Waals surface area contributed by atoms with Crippen LogP contribution in [0.1, 0.15) is 12.8 Å². The Balaban J connectivity index is 1.97. The average Bonchev–Trinajstić information content (AvgIpc) is 2.29. The van der Waals surface area contributed by atoms with Gasteiger partial charge < -0.3 is 19.5 Å². The number of hydrogen-bond acceptors (Lipinski definition) is 4. The second-order valence-electron chi connectivity index (χ2n) is 3.75. The van der Waals surface area contributed by atoms with Gasteiger partial charge in [0.1, 0.15) is 19.5 Å². The zero-order valence-electron chi connectivity index (χ0n) is 8.52. The van der Waals surface area contributed by atoms with Crippen LogP contribution in [0.3, 0.4) is 0 Å². The summed E-state index contributed by atoms with van der Waals surface area (Å²) in [7, 11) is 0. The molecule has 2 aliphatic heterocycles. The number of aliphatic hydroxyl groups is 1. The van der Waals surface area contributed by atoms with Crippen LogP contribution in [0.15, 0.2) is 12.0 Å². The number of rotatable bonds is 1. The summed E-state index contributed by atoms with van der Waals surface area (Å²) in [6.45, 7) is 1.96. The highest BCUT2D eigenvalue weighted by atomic mass is 16.6. The quantitative estimate of drug-likeness (QED) is 0.658. The van der Waals surface area contributed by atoms with E-state index in [1.807, 2.05) is 0 Å². The molecule has 0 bridgehead atoms. The Morgan fingerprint density at radius 2 is 2.40 bits per heavy atom. The lowest BCUT2D eigenvalue weighted by Crippen LogP contribution is -2.43. The van der Waals surface area contributed by atoms with Gasteiger partial charge in [0.25, 0.3) is 5.91 Å². The van der Waals surface area contributed by atoms with Crippen molar-refractivity contribution in [1.29, 1.82) is 0 Å². The minimum absolute atomic E-state index is 0.187. The van der Waals surface area contributed by atoms with E-state index in [1.165, 1.54) is 6.26 Å². The Morgan fingerprint density at radius 1 is 1.53 bits per heavy atom. The standard InChI is InChI=1S/C10H15NO4/c12-8-2-1-3-11(6-8)10(13)9-7-14-4-5-15-9/h7-8,12H,1-6H2. The summed E-state index contributed by atoms with van der Waals surface area (Å²) in [5.41, 5.74) is 0. The third kappa shape index (κ3) is 2.41. The largest absolute Gasteiger partial charge is 0.494 e. The molecule has 1 fully saturated rings. The molecule has 0 aromatic heterocycles. The maximum Gasteiger partial charge on any atom is 0.292 e. The second-order valence-corrected chi connectivity index (χ2v) is 3.75. The van der Waals surface area contributed by atoms with Crippen LogP contribution in [0.5, 0.6) is 0 Å². The lowest BCUT2D eigenvalue weighted by molar-refractivity contribution is -0.135. The van der Waals surface area contributed by atoms with Gasteiger partial charge in [-0.05, 0) is 12.8 Å². The number of piperidine rings is 1. The highest BCUT2D eigenvalue weighted by Crippen LogP contribution is 2.14. The molecule has 5 heteroatoms. The first-order valence-electron chi connectivity index (χ1n) is 5.19. The fraction of sp³-hybridized carbons (Fsp3) is 0.700. The number of ether oxygens (including phenoxy) is 2. The van der Waals surface area contributed by atoms with E-state index in [2.05, 4.69) is 0 Å². The molecule has 2 heterocycles. The van der Waals surface area contributed by atoms with Crippen molar-refractivity contribution in [2.45, 2.75) is 18.9 Å². The zero-order valence-corrected chi connectivity index (χ0v) is 8.52. The van der Waals surface area contributed by atoms with Gasteiger partial charge >= 0.3 is 0 Å². The first-order valence-corrected chi connectivity index (χ1v) is 5.19. The van der Waals surface area contributed by atoms with E-state index < -0.39 is 6.10 Å². The van der Waals surface area contributed by atoms with Crippen molar-refractivity contribution in [3.05, 3.63) is 12.0 Å². The summed E-state index contributed by atoms with van der Waals surface area (Å²) in [5, 5.41) is 9.44. The topological polar surface area (TPSA) is 59.0 Å². The molecule has 15 heavy (non-hydrogen) atoms. The number of likely N-dealkylation sites (tertiary alicyclic amines) is 1. The van der Waals surface area contributed by atoms with Gasteiger partial charge in [-0.3, -0.25) is 4.79 Å². The number of amides is 1. The summed E-state index contributed by atoms with van der Waals surface area (Å²) >= 11 is 0. The monoisotopic (exact) mass is 213 g/mol. The molecule has 0 spiro atoms. The van der Waals surface area contributed by atoms with Crippen molar-refractivity contribution >= 4 is 5.91 Å². The number of carbonyl (C=O) groups excluding carboxylic acids is 1. The van der Waals surface area contributed by atoms with Crippen molar-refractivity contribution < 1.29 is 19.4 Å². The minimum Gasteiger partial charge on any atom is -0.494 e. The smallest absolute Gasteiger partial charge is 0.292 e. The molecular weight excluding hydrogens is 198 g/mol. The fourth-order valence-electron chi connectivity index (χ4n) is 1.78. The molecule has 84 valence electrons. The lowest BCUT2D eigenvalue weighted by atomic mass is 10.1. The van der Waals surface area contributed by atoms with Gasteiger partial charge in [-0.1, -0.05) is 0 Å². The van der Waals surface area contributed by atoms with Crippen molar-refractivity contribution in [3.63, 3.8) is 0 Å². The van der Waals surface area contributed by atoms with E-state index in [9.17, 15) is 9.90 Å². The molecule has 0 aromatic carbocycles. The molecule has 2 aliphatic rings.